The molecule has 1 aromatic heterocycles. The number of sulfonamides is 1. The lowest BCUT2D eigenvalue weighted by Crippen LogP contribution is -1.97. The van der Waals surface area contributed by atoms with E-state index >= 15 is 0 Å². The molecule has 0 saturated heterocycles. The summed E-state index contributed by atoms with van der Waals surface area (Å²) in [5.41, 5.74) is 1.70. The van der Waals surface area contributed by atoms with Crippen LogP contribution >= 0.6 is 0 Å². The smallest absolute Gasteiger partial charge is 0.265 e. The molecule has 0 aliphatic heterocycles. The Bertz CT molecular complexity index is 647. The number of benzene rings is 1. The first-order chi connectivity index (χ1) is 8.58. The molecule has 0 saturated carbocycles. The SMILES string of the molecule is Cc1ccc(S(=O)(=O)/N=C\c2ccncc2)cc1. The predicted octanol–water partition coefficient (Wildman–Crippen LogP) is 2.20. The highest BCUT2D eigenvalue weighted by Crippen LogP contribution is 2.12. The molecule has 0 aliphatic rings. The molecule has 2 rings (SSSR count). The monoisotopic (exact) mass is 260 g/mol. The van der Waals surface area contributed by atoms with E-state index in [-0.39, 0.29) is 4.90 Å². The van der Waals surface area contributed by atoms with E-state index in [2.05, 4.69) is 9.38 Å². The van der Waals surface area contributed by atoms with Crippen LogP contribution in [0.5, 0.6) is 0 Å². The van der Waals surface area contributed by atoms with Crippen LogP contribution in [-0.4, -0.2) is 19.6 Å². The van der Waals surface area contributed by atoms with Gasteiger partial charge < -0.3 is 0 Å². The Morgan fingerprint density at radius 2 is 1.67 bits per heavy atom. The van der Waals surface area contributed by atoms with E-state index in [0.717, 1.165) is 5.56 Å². The number of aryl methyl sites for hydroxylation is 1. The highest BCUT2D eigenvalue weighted by molar-refractivity contribution is 7.90. The zero-order chi connectivity index (χ0) is 13.0. The maximum atomic E-state index is 11.9. The lowest BCUT2D eigenvalue weighted by Gasteiger charge is -1.99. The fraction of sp³-hybridized carbons (Fsp3) is 0.0769. The van der Waals surface area contributed by atoms with Crippen LogP contribution in [0.1, 0.15) is 11.1 Å². The molecular weight excluding hydrogens is 248 g/mol. The van der Waals surface area contributed by atoms with Gasteiger partial charge in [-0.05, 0) is 36.8 Å². The summed E-state index contributed by atoms with van der Waals surface area (Å²) >= 11 is 0. The van der Waals surface area contributed by atoms with E-state index in [1.165, 1.54) is 6.21 Å². The van der Waals surface area contributed by atoms with Crippen molar-refractivity contribution in [3.05, 3.63) is 59.9 Å². The Labute approximate surface area is 106 Å². The van der Waals surface area contributed by atoms with Gasteiger partial charge in [-0.15, -0.1) is 0 Å². The van der Waals surface area contributed by atoms with Gasteiger partial charge >= 0.3 is 0 Å². The van der Waals surface area contributed by atoms with Gasteiger partial charge in [0.05, 0.1) is 4.90 Å². The van der Waals surface area contributed by atoms with Crippen LogP contribution in [0.25, 0.3) is 0 Å². The molecule has 0 atom stereocenters. The first kappa shape index (κ1) is 12.4. The third-order valence-electron chi connectivity index (χ3n) is 2.37. The highest BCUT2D eigenvalue weighted by Gasteiger charge is 2.10. The minimum Gasteiger partial charge on any atom is -0.265 e. The molecule has 0 radical (unpaired) electrons. The average Bonchev–Trinajstić information content (AvgIpc) is 2.38. The molecule has 0 fully saturated rings. The normalized spacial score (nSPS) is 11.8. The third-order valence-corrected chi connectivity index (χ3v) is 3.62. The summed E-state index contributed by atoms with van der Waals surface area (Å²) in [5.74, 6) is 0. The Hall–Kier alpha value is -2.01. The summed E-state index contributed by atoms with van der Waals surface area (Å²) in [6, 6.07) is 9.97. The van der Waals surface area contributed by atoms with Crippen molar-refractivity contribution in [2.24, 2.45) is 4.40 Å². The van der Waals surface area contributed by atoms with Crippen molar-refractivity contribution >= 4 is 16.2 Å². The molecule has 0 aliphatic carbocycles. The van der Waals surface area contributed by atoms with E-state index in [0.29, 0.717) is 5.56 Å². The van der Waals surface area contributed by atoms with E-state index in [9.17, 15) is 8.42 Å². The molecule has 1 aromatic carbocycles. The summed E-state index contributed by atoms with van der Waals surface area (Å²) in [4.78, 5) is 4.04. The van der Waals surface area contributed by atoms with Gasteiger partial charge in [0.2, 0.25) is 0 Å². The molecule has 1 heterocycles. The maximum Gasteiger partial charge on any atom is 0.282 e. The summed E-state index contributed by atoms with van der Waals surface area (Å²) in [7, 11) is -3.63. The number of pyridine rings is 1. The summed E-state index contributed by atoms with van der Waals surface area (Å²) < 4.78 is 27.5. The van der Waals surface area contributed by atoms with Gasteiger partial charge in [0.1, 0.15) is 0 Å². The lowest BCUT2D eigenvalue weighted by atomic mass is 10.2. The number of rotatable bonds is 3. The molecule has 0 unspecified atom stereocenters. The first-order valence-electron chi connectivity index (χ1n) is 5.35. The molecule has 0 bridgehead atoms. The van der Waals surface area contributed by atoms with Crippen LogP contribution in [0.2, 0.25) is 0 Å². The van der Waals surface area contributed by atoms with Crippen LogP contribution in [0.15, 0.2) is 58.1 Å². The zero-order valence-corrected chi connectivity index (χ0v) is 10.6. The highest BCUT2D eigenvalue weighted by atomic mass is 32.2. The van der Waals surface area contributed by atoms with Crippen molar-refractivity contribution in [2.75, 3.05) is 0 Å². The fourth-order valence-corrected chi connectivity index (χ4v) is 2.21. The predicted molar refractivity (Wildman–Crippen MR) is 70.2 cm³/mol. The van der Waals surface area contributed by atoms with Gasteiger partial charge in [0.25, 0.3) is 10.0 Å². The van der Waals surface area contributed by atoms with E-state index in [1.54, 1.807) is 48.8 Å². The third kappa shape index (κ3) is 3.01. The molecule has 4 nitrogen and oxygen atoms in total. The van der Waals surface area contributed by atoms with Crippen molar-refractivity contribution in [3.63, 3.8) is 0 Å². The fourth-order valence-electron chi connectivity index (χ4n) is 1.35. The molecule has 5 heteroatoms. The molecule has 0 amide bonds. The van der Waals surface area contributed by atoms with Crippen LogP contribution in [0, 0.1) is 6.92 Å². The van der Waals surface area contributed by atoms with E-state index in [4.69, 9.17) is 0 Å². The minimum absolute atomic E-state index is 0.193. The number of hydrogen-bond donors (Lipinski definition) is 0. The van der Waals surface area contributed by atoms with Gasteiger partial charge in [-0.3, -0.25) is 4.98 Å². The number of hydrogen-bond acceptors (Lipinski definition) is 3. The van der Waals surface area contributed by atoms with Crippen molar-refractivity contribution in [3.8, 4) is 0 Å². The topological polar surface area (TPSA) is 59.4 Å². The summed E-state index contributed by atoms with van der Waals surface area (Å²) in [6.45, 7) is 1.90. The minimum atomic E-state index is -3.63. The van der Waals surface area contributed by atoms with Crippen molar-refractivity contribution < 1.29 is 8.42 Å². The van der Waals surface area contributed by atoms with Crippen LogP contribution < -0.4 is 0 Å². The second-order valence-electron chi connectivity index (χ2n) is 3.80. The zero-order valence-electron chi connectivity index (χ0n) is 9.82. The first-order valence-corrected chi connectivity index (χ1v) is 6.79. The van der Waals surface area contributed by atoms with Crippen LogP contribution in [0.4, 0.5) is 0 Å². The second-order valence-corrected chi connectivity index (χ2v) is 5.44. The summed E-state index contributed by atoms with van der Waals surface area (Å²) in [6.07, 6.45) is 4.48. The standard InChI is InChI=1S/C13H12N2O2S/c1-11-2-4-13(5-3-11)18(16,17)15-10-12-6-8-14-9-7-12/h2-10H,1H3/b15-10-. The maximum absolute atomic E-state index is 11.9. The molecule has 0 spiro atoms. The molecule has 92 valence electrons. The van der Waals surface area contributed by atoms with Crippen LogP contribution in [-0.2, 0) is 10.0 Å². The molecule has 0 N–H and O–H groups in total. The Balaban J connectivity index is 2.28. The molecular formula is C13H12N2O2S. The van der Waals surface area contributed by atoms with Gasteiger partial charge in [0, 0.05) is 18.6 Å². The van der Waals surface area contributed by atoms with Gasteiger partial charge in [-0.2, -0.15) is 12.8 Å². The van der Waals surface area contributed by atoms with Crippen molar-refractivity contribution in [1.82, 2.24) is 4.98 Å². The van der Waals surface area contributed by atoms with E-state index in [1.807, 2.05) is 6.92 Å². The summed E-state index contributed by atoms with van der Waals surface area (Å²) in [5, 5.41) is 0. The van der Waals surface area contributed by atoms with Gasteiger partial charge in [-0.1, -0.05) is 17.7 Å². The molecule has 18 heavy (non-hydrogen) atoms. The van der Waals surface area contributed by atoms with Gasteiger partial charge in [0.15, 0.2) is 0 Å². The number of nitrogens with zero attached hydrogens (tertiary/aromatic N) is 2. The Kier molecular flexibility index (Phi) is 3.53. The average molecular weight is 260 g/mol. The quantitative estimate of drug-likeness (QED) is 0.795. The molecule has 2 aromatic rings. The van der Waals surface area contributed by atoms with Crippen molar-refractivity contribution in [1.29, 1.82) is 0 Å². The van der Waals surface area contributed by atoms with Crippen molar-refractivity contribution in [2.45, 2.75) is 11.8 Å². The van der Waals surface area contributed by atoms with Crippen LogP contribution in [0.3, 0.4) is 0 Å². The lowest BCUT2D eigenvalue weighted by molar-refractivity contribution is 0.598. The van der Waals surface area contributed by atoms with E-state index < -0.39 is 10.0 Å². The van der Waals surface area contributed by atoms with Gasteiger partial charge in [-0.25, -0.2) is 0 Å². The second kappa shape index (κ2) is 5.10. The Morgan fingerprint density at radius 1 is 1.06 bits per heavy atom. The largest absolute Gasteiger partial charge is 0.282 e. The number of aromatic nitrogens is 1. The Morgan fingerprint density at radius 3 is 2.28 bits per heavy atom.